The minimum atomic E-state index is -0.519. The van der Waals surface area contributed by atoms with Gasteiger partial charge in [0.05, 0.1) is 0 Å². The largest absolute Gasteiger partial charge is 0.486 e. The number of hydrogen-bond acceptors (Lipinski definition) is 5. The van der Waals surface area contributed by atoms with Crippen LogP contribution in [0.4, 0.5) is 4.39 Å². The molecular formula is C20H17FN4O3. The highest BCUT2D eigenvalue weighted by atomic mass is 19.1. The van der Waals surface area contributed by atoms with Crippen molar-refractivity contribution in [1.82, 2.24) is 19.9 Å². The van der Waals surface area contributed by atoms with Gasteiger partial charge in [0.25, 0.3) is 11.5 Å². The topological polar surface area (TPSA) is 88.2 Å². The van der Waals surface area contributed by atoms with Gasteiger partial charge in [0.2, 0.25) is 0 Å². The molecule has 1 aliphatic heterocycles. The molecule has 1 N–H and O–H groups in total. The van der Waals surface area contributed by atoms with Gasteiger partial charge in [0.15, 0.2) is 0 Å². The average Bonchev–Trinajstić information content (AvgIpc) is 2.72. The van der Waals surface area contributed by atoms with Crippen molar-refractivity contribution in [3.8, 4) is 5.75 Å². The van der Waals surface area contributed by atoms with Crippen LogP contribution < -0.4 is 10.3 Å². The fourth-order valence-corrected chi connectivity index (χ4v) is 3.05. The van der Waals surface area contributed by atoms with Crippen molar-refractivity contribution in [2.75, 3.05) is 6.54 Å². The van der Waals surface area contributed by atoms with Gasteiger partial charge < -0.3 is 14.6 Å². The third-order valence-electron chi connectivity index (χ3n) is 4.52. The second kappa shape index (κ2) is 7.59. The van der Waals surface area contributed by atoms with Gasteiger partial charge in [0, 0.05) is 37.6 Å². The Bertz CT molecular complexity index is 1070. The summed E-state index contributed by atoms with van der Waals surface area (Å²) in [4.78, 5) is 37.7. The van der Waals surface area contributed by atoms with E-state index in [1.807, 2.05) is 12.1 Å². The lowest BCUT2D eigenvalue weighted by atomic mass is 10.1. The second-order valence-corrected chi connectivity index (χ2v) is 6.40. The van der Waals surface area contributed by atoms with Crippen molar-refractivity contribution in [2.45, 2.75) is 19.6 Å². The first-order valence-corrected chi connectivity index (χ1v) is 8.79. The molecule has 0 unspecified atom stereocenters. The summed E-state index contributed by atoms with van der Waals surface area (Å²) in [6.07, 6.45) is 3.65. The number of aromatic nitrogens is 3. The summed E-state index contributed by atoms with van der Waals surface area (Å²) in [5.41, 5.74) is 1.43. The number of hydrogen-bond donors (Lipinski definition) is 1. The number of ether oxygens (including phenoxy) is 1. The Balaban J connectivity index is 1.45. The normalized spacial score (nSPS) is 13.1. The number of carbonyl (C=O) groups excluding carboxylic acids is 1. The SMILES string of the molecule is O=C(c1cnc(COc2ccc(F)cc2)[nH]c1=O)N1CCc2ncccc2C1. The molecule has 0 spiro atoms. The van der Waals surface area contributed by atoms with E-state index in [2.05, 4.69) is 15.0 Å². The first-order valence-electron chi connectivity index (χ1n) is 8.79. The Hall–Kier alpha value is -3.55. The highest BCUT2D eigenvalue weighted by Gasteiger charge is 2.24. The molecule has 0 saturated carbocycles. The van der Waals surface area contributed by atoms with Gasteiger partial charge in [-0.2, -0.15) is 0 Å². The van der Waals surface area contributed by atoms with E-state index < -0.39 is 5.56 Å². The van der Waals surface area contributed by atoms with Crippen LogP contribution in [-0.4, -0.2) is 32.3 Å². The van der Waals surface area contributed by atoms with Crippen molar-refractivity contribution in [1.29, 1.82) is 0 Å². The molecule has 0 fully saturated rings. The van der Waals surface area contributed by atoms with Crippen LogP contribution in [0, 0.1) is 5.82 Å². The highest BCUT2D eigenvalue weighted by Crippen LogP contribution is 2.17. The first kappa shape index (κ1) is 17.8. The van der Waals surface area contributed by atoms with Crippen LogP contribution in [0.3, 0.4) is 0 Å². The molecule has 142 valence electrons. The number of pyridine rings is 1. The maximum Gasteiger partial charge on any atom is 0.263 e. The molecule has 0 atom stereocenters. The maximum absolute atomic E-state index is 12.9. The van der Waals surface area contributed by atoms with E-state index in [1.54, 1.807) is 11.1 Å². The fourth-order valence-electron chi connectivity index (χ4n) is 3.05. The van der Waals surface area contributed by atoms with Gasteiger partial charge in [-0.05, 0) is 35.9 Å². The summed E-state index contributed by atoms with van der Waals surface area (Å²) in [6, 6.07) is 9.28. The van der Waals surface area contributed by atoms with Crippen LogP contribution >= 0.6 is 0 Å². The fraction of sp³-hybridized carbons (Fsp3) is 0.200. The zero-order chi connectivity index (χ0) is 19.5. The Labute approximate surface area is 159 Å². The van der Waals surface area contributed by atoms with Crippen LogP contribution in [0.2, 0.25) is 0 Å². The van der Waals surface area contributed by atoms with Crippen LogP contribution in [0.15, 0.2) is 53.6 Å². The first-order chi connectivity index (χ1) is 13.6. The predicted molar refractivity (Wildman–Crippen MR) is 98.3 cm³/mol. The van der Waals surface area contributed by atoms with Crippen molar-refractivity contribution < 1.29 is 13.9 Å². The van der Waals surface area contributed by atoms with Gasteiger partial charge in [-0.15, -0.1) is 0 Å². The number of aromatic amines is 1. The Morgan fingerprint density at radius 2 is 2.04 bits per heavy atom. The Morgan fingerprint density at radius 3 is 2.82 bits per heavy atom. The standard InChI is InChI=1S/C20H17FN4O3/c21-14-3-5-15(6-4-14)28-12-18-23-10-16(19(26)24-18)20(27)25-9-7-17-13(11-25)2-1-8-22-17/h1-6,8,10H,7,9,11-12H2,(H,23,24,26). The van der Waals surface area contributed by atoms with E-state index in [9.17, 15) is 14.0 Å². The van der Waals surface area contributed by atoms with Gasteiger partial charge in [-0.25, -0.2) is 9.37 Å². The molecule has 1 amide bonds. The monoisotopic (exact) mass is 380 g/mol. The van der Waals surface area contributed by atoms with Gasteiger partial charge in [-0.3, -0.25) is 14.6 Å². The van der Waals surface area contributed by atoms with Crippen LogP contribution in [0.25, 0.3) is 0 Å². The van der Waals surface area contributed by atoms with Crippen molar-refractivity contribution >= 4 is 5.91 Å². The molecule has 8 heteroatoms. The molecule has 3 heterocycles. The summed E-state index contributed by atoms with van der Waals surface area (Å²) >= 11 is 0. The van der Waals surface area contributed by atoms with Crippen molar-refractivity contribution in [2.24, 2.45) is 0 Å². The number of nitrogens with one attached hydrogen (secondary N) is 1. The Kier molecular flexibility index (Phi) is 4.84. The molecule has 2 aromatic heterocycles. The van der Waals surface area contributed by atoms with E-state index >= 15 is 0 Å². The smallest absolute Gasteiger partial charge is 0.263 e. The van der Waals surface area contributed by atoms with Crippen molar-refractivity contribution in [3.63, 3.8) is 0 Å². The quantitative estimate of drug-likeness (QED) is 0.749. The minimum absolute atomic E-state index is 0.00188. The van der Waals surface area contributed by atoms with E-state index in [0.29, 0.717) is 25.3 Å². The molecule has 0 aliphatic carbocycles. The van der Waals surface area contributed by atoms with Gasteiger partial charge in [-0.1, -0.05) is 6.07 Å². The van der Waals surface area contributed by atoms with E-state index in [4.69, 9.17) is 4.74 Å². The third-order valence-corrected chi connectivity index (χ3v) is 4.52. The number of benzene rings is 1. The highest BCUT2D eigenvalue weighted by molar-refractivity contribution is 5.93. The third kappa shape index (κ3) is 3.75. The summed E-state index contributed by atoms with van der Waals surface area (Å²) in [6.45, 7) is 0.909. The zero-order valence-electron chi connectivity index (χ0n) is 14.9. The van der Waals surface area contributed by atoms with Gasteiger partial charge in [0.1, 0.15) is 29.6 Å². The number of H-pyrrole nitrogens is 1. The maximum atomic E-state index is 12.9. The lowest BCUT2D eigenvalue weighted by molar-refractivity contribution is 0.0731. The van der Waals surface area contributed by atoms with Crippen LogP contribution in [0.1, 0.15) is 27.4 Å². The van der Waals surface area contributed by atoms with Crippen LogP contribution in [0.5, 0.6) is 5.75 Å². The summed E-state index contributed by atoms with van der Waals surface area (Å²) in [5.74, 6) is -0.00372. The molecule has 28 heavy (non-hydrogen) atoms. The molecule has 3 aromatic rings. The number of rotatable bonds is 4. The lowest BCUT2D eigenvalue weighted by Crippen LogP contribution is -2.39. The predicted octanol–water partition coefficient (Wildman–Crippen LogP) is 2.08. The average molecular weight is 380 g/mol. The number of fused-ring (bicyclic) bond motifs is 1. The number of amides is 1. The van der Waals surface area contributed by atoms with Gasteiger partial charge >= 0.3 is 0 Å². The summed E-state index contributed by atoms with van der Waals surface area (Å²) < 4.78 is 18.4. The van der Waals surface area contributed by atoms with E-state index in [1.165, 1.54) is 30.5 Å². The number of nitrogens with zero attached hydrogens (tertiary/aromatic N) is 3. The summed E-state index contributed by atoms with van der Waals surface area (Å²) in [7, 11) is 0. The molecule has 0 bridgehead atoms. The molecule has 7 nitrogen and oxygen atoms in total. The molecule has 0 radical (unpaired) electrons. The van der Waals surface area contributed by atoms with Crippen LogP contribution in [-0.2, 0) is 19.6 Å². The van der Waals surface area contributed by atoms with Crippen molar-refractivity contribution in [3.05, 3.63) is 87.6 Å². The zero-order valence-corrected chi connectivity index (χ0v) is 14.9. The Morgan fingerprint density at radius 1 is 1.21 bits per heavy atom. The van der Waals surface area contributed by atoms with E-state index in [0.717, 1.165) is 11.3 Å². The molecule has 0 saturated heterocycles. The lowest BCUT2D eigenvalue weighted by Gasteiger charge is -2.27. The van der Waals surface area contributed by atoms with E-state index in [-0.39, 0.29) is 29.7 Å². The number of carbonyl (C=O) groups is 1. The molecule has 1 aliphatic rings. The molecule has 1 aromatic carbocycles. The minimum Gasteiger partial charge on any atom is -0.486 e. The molecule has 4 rings (SSSR count). The molecular weight excluding hydrogens is 363 g/mol. The number of halogens is 1. The summed E-state index contributed by atoms with van der Waals surface area (Å²) in [5, 5.41) is 0. The second-order valence-electron chi connectivity index (χ2n) is 6.40.